The third-order valence-corrected chi connectivity index (χ3v) is 5.20. The number of rotatable bonds is 4. The molecule has 0 saturated carbocycles. The summed E-state index contributed by atoms with van der Waals surface area (Å²) >= 11 is 0. The van der Waals surface area contributed by atoms with Crippen molar-refractivity contribution in [1.82, 2.24) is 15.1 Å². The fourth-order valence-electron chi connectivity index (χ4n) is 3.69. The molecule has 0 unspecified atom stereocenters. The van der Waals surface area contributed by atoms with E-state index in [-0.39, 0.29) is 18.4 Å². The molecule has 3 aromatic rings. The van der Waals surface area contributed by atoms with Gasteiger partial charge in [0.1, 0.15) is 5.82 Å². The van der Waals surface area contributed by atoms with Gasteiger partial charge in [-0.2, -0.15) is 5.10 Å². The molecular weight excluding hydrogens is 357 g/mol. The van der Waals surface area contributed by atoms with Crippen LogP contribution < -0.4 is 15.5 Å². The maximum absolute atomic E-state index is 14.5. The Morgan fingerprint density at radius 1 is 1.18 bits per heavy atom. The summed E-state index contributed by atoms with van der Waals surface area (Å²) < 4.78 is 16.3. The highest BCUT2D eigenvalue weighted by atomic mass is 19.1. The van der Waals surface area contributed by atoms with Crippen LogP contribution in [0.25, 0.3) is 10.9 Å². The summed E-state index contributed by atoms with van der Waals surface area (Å²) in [7, 11) is 1.86. The molecule has 28 heavy (non-hydrogen) atoms. The fraction of sp³-hybridized carbons (Fsp3) is 0.333. The Bertz CT molecular complexity index is 994. The molecule has 2 amide bonds. The van der Waals surface area contributed by atoms with E-state index in [1.807, 2.05) is 37.4 Å². The topological polar surface area (TPSA) is 62.2 Å². The normalized spacial score (nSPS) is 14.3. The van der Waals surface area contributed by atoms with Gasteiger partial charge in [0.15, 0.2) is 0 Å². The zero-order valence-electron chi connectivity index (χ0n) is 15.9. The average molecular weight is 381 g/mol. The maximum Gasteiger partial charge on any atom is 0.319 e. The lowest BCUT2D eigenvalue weighted by Crippen LogP contribution is -2.30. The number of hydrogen-bond donors (Lipinski definition) is 2. The summed E-state index contributed by atoms with van der Waals surface area (Å²) in [6.45, 7) is 2.06. The van der Waals surface area contributed by atoms with Crippen molar-refractivity contribution in [3.8, 4) is 0 Å². The largest absolute Gasteiger partial charge is 0.369 e. The van der Waals surface area contributed by atoms with Crippen LogP contribution in [0.2, 0.25) is 0 Å². The van der Waals surface area contributed by atoms with E-state index in [4.69, 9.17) is 0 Å². The van der Waals surface area contributed by atoms with E-state index in [0.717, 1.165) is 42.4 Å². The van der Waals surface area contributed by atoms with Gasteiger partial charge in [-0.3, -0.25) is 4.68 Å². The number of urea groups is 1. The molecule has 2 heterocycles. The first-order valence-corrected chi connectivity index (χ1v) is 9.61. The number of nitrogens with one attached hydrogen (secondary N) is 2. The van der Waals surface area contributed by atoms with E-state index in [2.05, 4.69) is 20.6 Å². The maximum atomic E-state index is 14.5. The second kappa shape index (κ2) is 7.88. The van der Waals surface area contributed by atoms with Crippen molar-refractivity contribution in [2.75, 3.05) is 23.3 Å². The Balaban J connectivity index is 1.38. The number of benzene rings is 2. The highest BCUT2D eigenvalue weighted by Crippen LogP contribution is 2.24. The zero-order chi connectivity index (χ0) is 19.5. The summed E-state index contributed by atoms with van der Waals surface area (Å²) in [6.07, 6.45) is 5.14. The van der Waals surface area contributed by atoms with Crippen molar-refractivity contribution < 1.29 is 9.18 Å². The summed E-state index contributed by atoms with van der Waals surface area (Å²) in [4.78, 5) is 14.4. The van der Waals surface area contributed by atoms with E-state index >= 15 is 0 Å². The molecular formula is C21H24FN5O. The predicted octanol–water partition coefficient (Wildman–Crippen LogP) is 4.02. The summed E-state index contributed by atoms with van der Waals surface area (Å²) in [5.41, 5.74) is 3.01. The average Bonchev–Trinajstić information content (AvgIpc) is 3.09. The number of piperidine rings is 1. The Morgan fingerprint density at radius 3 is 2.79 bits per heavy atom. The minimum atomic E-state index is -0.336. The van der Waals surface area contributed by atoms with Gasteiger partial charge in [-0.15, -0.1) is 0 Å². The van der Waals surface area contributed by atoms with Gasteiger partial charge in [0.05, 0.1) is 23.1 Å². The molecule has 0 spiro atoms. The Morgan fingerprint density at radius 2 is 2.00 bits per heavy atom. The lowest BCUT2D eigenvalue weighted by atomic mass is 10.1. The number of carbonyl (C=O) groups excluding carboxylic acids is 1. The molecule has 146 valence electrons. The minimum absolute atomic E-state index is 0.235. The molecule has 1 aromatic heterocycles. The summed E-state index contributed by atoms with van der Waals surface area (Å²) in [6, 6.07) is 10.5. The van der Waals surface area contributed by atoms with E-state index in [1.54, 1.807) is 10.9 Å². The van der Waals surface area contributed by atoms with Crippen LogP contribution in [0.1, 0.15) is 24.8 Å². The molecule has 7 heteroatoms. The van der Waals surface area contributed by atoms with Gasteiger partial charge < -0.3 is 15.5 Å². The van der Waals surface area contributed by atoms with E-state index in [0.29, 0.717) is 11.4 Å². The molecule has 1 aliphatic heterocycles. The van der Waals surface area contributed by atoms with Crippen LogP contribution in [0.3, 0.4) is 0 Å². The van der Waals surface area contributed by atoms with Crippen LogP contribution in [0.5, 0.6) is 0 Å². The predicted molar refractivity (Wildman–Crippen MR) is 109 cm³/mol. The van der Waals surface area contributed by atoms with Gasteiger partial charge in [-0.1, -0.05) is 12.1 Å². The molecule has 4 rings (SSSR count). The van der Waals surface area contributed by atoms with Gasteiger partial charge >= 0.3 is 6.03 Å². The number of amides is 2. The number of carbonyl (C=O) groups is 1. The van der Waals surface area contributed by atoms with Gasteiger partial charge in [0, 0.05) is 32.1 Å². The van der Waals surface area contributed by atoms with Gasteiger partial charge in [-0.25, -0.2) is 9.18 Å². The molecule has 0 radical (unpaired) electrons. The molecule has 1 aliphatic rings. The van der Waals surface area contributed by atoms with Crippen LogP contribution in [0, 0.1) is 5.82 Å². The molecule has 2 aromatic carbocycles. The summed E-state index contributed by atoms with van der Waals surface area (Å²) in [5.74, 6) is -0.235. The highest BCUT2D eigenvalue weighted by Gasteiger charge is 2.15. The first-order valence-electron chi connectivity index (χ1n) is 9.61. The molecule has 0 atom stereocenters. The standard InChI is InChI=1S/C21H24FN5O/c1-26-19-7-5-6-18(16(19)14-24-26)25-21(28)23-13-15-8-9-20(17(22)12-15)27-10-3-2-4-11-27/h5-9,12,14H,2-4,10-11,13H2,1H3,(H2,23,25,28). The van der Waals surface area contributed by atoms with Gasteiger partial charge in [0.25, 0.3) is 0 Å². The second-order valence-corrected chi connectivity index (χ2v) is 7.15. The monoisotopic (exact) mass is 381 g/mol. The lowest BCUT2D eigenvalue weighted by molar-refractivity contribution is 0.251. The number of nitrogens with zero attached hydrogens (tertiary/aromatic N) is 3. The second-order valence-electron chi connectivity index (χ2n) is 7.15. The number of aryl methyl sites for hydroxylation is 1. The van der Waals surface area contributed by atoms with Crippen molar-refractivity contribution in [3.63, 3.8) is 0 Å². The smallest absolute Gasteiger partial charge is 0.319 e. The van der Waals surface area contributed by atoms with Crippen molar-refractivity contribution in [2.24, 2.45) is 7.05 Å². The molecule has 0 aliphatic carbocycles. The third-order valence-electron chi connectivity index (χ3n) is 5.20. The SMILES string of the molecule is Cn1ncc2c(NC(=O)NCc3ccc(N4CCCCC4)c(F)c3)cccc21. The molecule has 2 N–H and O–H groups in total. The van der Waals surface area contributed by atoms with Crippen molar-refractivity contribution in [3.05, 3.63) is 54.0 Å². The van der Waals surface area contributed by atoms with Crippen LogP contribution in [0.4, 0.5) is 20.6 Å². The number of fused-ring (bicyclic) bond motifs is 1. The van der Waals surface area contributed by atoms with Crippen LogP contribution >= 0.6 is 0 Å². The van der Waals surface area contributed by atoms with Crippen molar-refractivity contribution in [2.45, 2.75) is 25.8 Å². The van der Waals surface area contributed by atoms with E-state index < -0.39 is 0 Å². The molecule has 1 saturated heterocycles. The minimum Gasteiger partial charge on any atom is -0.369 e. The number of aromatic nitrogens is 2. The van der Waals surface area contributed by atoms with Crippen LogP contribution in [-0.4, -0.2) is 28.9 Å². The number of halogens is 1. The van der Waals surface area contributed by atoms with E-state index in [1.165, 1.54) is 12.5 Å². The van der Waals surface area contributed by atoms with Crippen molar-refractivity contribution in [1.29, 1.82) is 0 Å². The quantitative estimate of drug-likeness (QED) is 0.717. The lowest BCUT2D eigenvalue weighted by Gasteiger charge is -2.29. The third kappa shape index (κ3) is 3.78. The van der Waals surface area contributed by atoms with Crippen LogP contribution in [0.15, 0.2) is 42.6 Å². The Hall–Kier alpha value is -3.09. The Labute approximate surface area is 163 Å². The number of hydrogen-bond acceptors (Lipinski definition) is 3. The van der Waals surface area contributed by atoms with E-state index in [9.17, 15) is 9.18 Å². The first-order chi connectivity index (χ1) is 13.6. The molecule has 1 fully saturated rings. The zero-order valence-corrected chi connectivity index (χ0v) is 15.9. The number of anilines is 2. The summed E-state index contributed by atoms with van der Waals surface area (Å²) in [5, 5.41) is 10.7. The first kappa shape index (κ1) is 18.3. The van der Waals surface area contributed by atoms with Gasteiger partial charge in [0.2, 0.25) is 0 Å². The van der Waals surface area contributed by atoms with Gasteiger partial charge in [-0.05, 0) is 49.1 Å². The Kier molecular flexibility index (Phi) is 5.14. The van der Waals surface area contributed by atoms with Crippen LogP contribution in [-0.2, 0) is 13.6 Å². The van der Waals surface area contributed by atoms with Crippen molar-refractivity contribution >= 4 is 28.3 Å². The molecule has 0 bridgehead atoms. The highest BCUT2D eigenvalue weighted by molar-refractivity contribution is 6.00. The molecule has 6 nitrogen and oxygen atoms in total. The fourth-order valence-corrected chi connectivity index (χ4v) is 3.69.